The Balaban J connectivity index is 2.63. The van der Waals surface area contributed by atoms with Crippen LogP contribution in [0, 0.1) is 11.3 Å². The van der Waals surface area contributed by atoms with Gasteiger partial charge in [-0.05, 0) is 62.5 Å². The van der Waals surface area contributed by atoms with E-state index in [-0.39, 0.29) is 23.0 Å². The van der Waals surface area contributed by atoms with E-state index in [1.807, 2.05) is 13.0 Å². The second-order valence-corrected chi connectivity index (χ2v) is 7.09. The fourth-order valence-corrected chi connectivity index (χ4v) is 3.92. The minimum atomic E-state index is -0.581. The normalized spacial score (nSPS) is 10.2. The standard InChI is InChI=1S/C17H12Br2ClN3O2/c1-2-4-14(24)23(17(25)11-5-3-6-22-16(11)20)15-12(18)7-10(9-21)8-13(15)19/h3,5-8H,2,4H2,1H3. The van der Waals surface area contributed by atoms with Crippen LogP contribution in [0.4, 0.5) is 5.69 Å². The van der Waals surface area contributed by atoms with E-state index in [0.29, 0.717) is 26.6 Å². The van der Waals surface area contributed by atoms with Crippen molar-refractivity contribution in [2.24, 2.45) is 0 Å². The lowest BCUT2D eigenvalue weighted by Crippen LogP contribution is -2.37. The first-order valence-electron chi connectivity index (χ1n) is 7.27. The molecule has 2 aromatic rings. The van der Waals surface area contributed by atoms with E-state index in [2.05, 4.69) is 36.8 Å². The molecule has 1 heterocycles. The topological polar surface area (TPSA) is 74.1 Å². The van der Waals surface area contributed by atoms with E-state index < -0.39 is 5.91 Å². The van der Waals surface area contributed by atoms with Gasteiger partial charge in [-0.15, -0.1) is 0 Å². The smallest absolute Gasteiger partial charge is 0.268 e. The van der Waals surface area contributed by atoms with Gasteiger partial charge in [0.25, 0.3) is 5.91 Å². The first-order valence-corrected chi connectivity index (χ1v) is 9.24. The molecular formula is C17H12Br2ClN3O2. The van der Waals surface area contributed by atoms with E-state index in [0.717, 1.165) is 4.90 Å². The molecule has 25 heavy (non-hydrogen) atoms. The number of pyridine rings is 1. The van der Waals surface area contributed by atoms with Gasteiger partial charge < -0.3 is 0 Å². The molecule has 0 bridgehead atoms. The number of carbonyl (C=O) groups excluding carboxylic acids is 2. The number of nitrogens with zero attached hydrogens (tertiary/aromatic N) is 3. The van der Waals surface area contributed by atoms with Gasteiger partial charge in [0, 0.05) is 21.6 Å². The molecule has 0 saturated heterocycles. The van der Waals surface area contributed by atoms with Gasteiger partial charge in [0.1, 0.15) is 5.15 Å². The Morgan fingerprint density at radius 3 is 2.48 bits per heavy atom. The molecular weight excluding hydrogens is 473 g/mol. The van der Waals surface area contributed by atoms with Gasteiger partial charge in [-0.3, -0.25) is 9.59 Å². The van der Waals surface area contributed by atoms with E-state index >= 15 is 0 Å². The number of halogens is 3. The Morgan fingerprint density at radius 1 is 1.32 bits per heavy atom. The van der Waals surface area contributed by atoms with Crippen molar-refractivity contribution >= 4 is 61.0 Å². The molecule has 128 valence electrons. The molecule has 5 nitrogen and oxygen atoms in total. The first-order chi connectivity index (χ1) is 11.9. The lowest BCUT2D eigenvalue weighted by molar-refractivity contribution is -0.118. The molecule has 0 aliphatic heterocycles. The zero-order valence-electron chi connectivity index (χ0n) is 13.1. The summed E-state index contributed by atoms with van der Waals surface area (Å²) in [4.78, 5) is 30.6. The van der Waals surface area contributed by atoms with Crippen LogP contribution in [0.25, 0.3) is 0 Å². The third-order valence-electron chi connectivity index (χ3n) is 3.28. The average molecular weight is 486 g/mol. The number of nitriles is 1. The molecule has 0 unspecified atom stereocenters. The Bertz CT molecular complexity index is 857. The van der Waals surface area contributed by atoms with Crippen LogP contribution in [-0.2, 0) is 4.79 Å². The maximum atomic E-state index is 13.0. The summed E-state index contributed by atoms with van der Waals surface area (Å²) in [6, 6.07) is 8.20. The lowest BCUT2D eigenvalue weighted by atomic mass is 10.1. The van der Waals surface area contributed by atoms with Crippen molar-refractivity contribution in [2.75, 3.05) is 4.90 Å². The van der Waals surface area contributed by atoms with Crippen LogP contribution in [0.1, 0.15) is 35.7 Å². The third-order valence-corrected chi connectivity index (χ3v) is 4.79. The second-order valence-electron chi connectivity index (χ2n) is 5.03. The highest BCUT2D eigenvalue weighted by molar-refractivity contribution is 9.11. The molecule has 0 spiro atoms. The van der Waals surface area contributed by atoms with Crippen LogP contribution in [-0.4, -0.2) is 16.8 Å². The van der Waals surface area contributed by atoms with Gasteiger partial charge in [0.05, 0.1) is 22.9 Å². The van der Waals surface area contributed by atoms with Crippen molar-refractivity contribution in [2.45, 2.75) is 19.8 Å². The van der Waals surface area contributed by atoms with Gasteiger partial charge in [0.15, 0.2) is 0 Å². The summed E-state index contributed by atoms with van der Waals surface area (Å²) < 4.78 is 0.882. The molecule has 8 heteroatoms. The minimum absolute atomic E-state index is 0.0164. The summed E-state index contributed by atoms with van der Waals surface area (Å²) in [6.07, 6.45) is 2.22. The van der Waals surface area contributed by atoms with Crippen molar-refractivity contribution in [1.82, 2.24) is 4.98 Å². The van der Waals surface area contributed by atoms with E-state index in [1.54, 1.807) is 18.2 Å². The summed E-state index contributed by atoms with van der Waals surface area (Å²) in [5.41, 5.74) is 0.830. The predicted molar refractivity (Wildman–Crippen MR) is 103 cm³/mol. The highest BCUT2D eigenvalue weighted by Crippen LogP contribution is 2.37. The average Bonchev–Trinajstić information content (AvgIpc) is 2.57. The Hall–Kier alpha value is -1.75. The zero-order chi connectivity index (χ0) is 18.6. The molecule has 1 aromatic heterocycles. The number of hydrogen-bond donors (Lipinski definition) is 0. The number of imide groups is 1. The van der Waals surface area contributed by atoms with Gasteiger partial charge in [-0.2, -0.15) is 5.26 Å². The van der Waals surface area contributed by atoms with Crippen molar-refractivity contribution in [1.29, 1.82) is 5.26 Å². The van der Waals surface area contributed by atoms with E-state index in [4.69, 9.17) is 16.9 Å². The van der Waals surface area contributed by atoms with Crippen LogP contribution in [0.2, 0.25) is 5.15 Å². The third kappa shape index (κ3) is 4.27. The summed E-state index contributed by atoms with van der Waals surface area (Å²) in [6.45, 7) is 1.85. The Labute approximate surface area is 166 Å². The van der Waals surface area contributed by atoms with Crippen LogP contribution in [0.5, 0.6) is 0 Å². The number of benzene rings is 1. The summed E-state index contributed by atoms with van der Waals surface area (Å²) >= 11 is 12.7. The quantitative estimate of drug-likeness (QED) is 0.565. The molecule has 0 aliphatic rings. The SMILES string of the molecule is CCCC(=O)N(C(=O)c1cccnc1Cl)c1c(Br)cc(C#N)cc1Br. The van der Waals surface area contributed by atoms with Gasteiger partial charge in [-0.25, -0.2) is 9.88 Å². The molecule has 0 radical (unpaired) electrons. The Kier molecular flexibility index (Phi) is 6.71. The zero-order valence-corrected chi connectivity index (χ0v) is 17.0. The monoisotopic (exact) mass is 483 g/mol. The molecule has 2 amide bonds. The van der Waals surface area contributed by atoms with Crippen molar-refractivity contribution in [3.8, 4) is 6.07 Å². The minimum Gasteiger partial charge on any atom is -0.274 e. The summed E-state index contributed by atoms with van der Waals surface area (Å²) in [7, 11) is 0. The van der Waals surface area contributed by atoms with Crippen LogP contribution >= 0.6 is 43.5 Å². The summed E-state index contributed by atoms with van der Waals surface area (Å²) in [5, 5.41) is 9.08. The lowest BCUT2D eigenvalue weighted by Gasteiger charge is -2.24. The number of carbonyl (C=O) groups is 2. The second kappa shape index (κ2) is 8.56. The molecule has 2 rings (SSSR count). The van der Waals surface area contributed by atoms with E-state index in [1.165, 1.54) is 12.3 Å². The highest BCUT2D eigenvalue weighted by Gasteiger charge is 2.29. The highest BCUT2D eigenvalue weighted by atomic mass is 79.9. The molecule has 0 saturated carbocycles. The molecule has 0 atom stereocenters. The van der Waals surface area contributed by atoms with Gasteiger partial charge in [-0.1, -0.05) is 18.5 Å². The fourth-order valence-electron chi connectivity index (χ4n) is 2.17. The Morgan fingerprint density at radius 2 is 1.96 bits per heavy atom. The van der Waals surface area contributed by atoms with Crippen LogP contribution in [0.15, 0.2) is 39.4 Å². The molecule has 0 N–H and O–H groups in total. The van der Waals surface area contributed by atoms with Gasteiger partial charge in [0.2, 0.25) is 5.91 Å². The van der Waals surface area contributed by atoms with Crippen molar-refractivity contribution in [3.05, 3.63) is 55.7 Å². The number of aromatic nitrogens is 1. The fraction of sp³-hybridized carbons (Fsp3) is 0.176. The van der Waals surface area contributed by atoms with Crippen molar-refractivity contribution < 1.29 is 9.59 Å². The van der Waals surface area contributed by atoms with E-state index in [9.17, 15) is 9.59 Å². The number of hydrogen-bond acceptors (Lipinski definition) is 4. The molecule has 0 fully saturated rings. The maximum absolute atomic E-state index is 13.0. The number of rotatable bonds is 4. The summed E-state index contributed by atoms with van der Waals surface area (Å²) in [5.74, 6) is -0.957. The van der Waals surface area contributed by atoms with Crippen molar-refractivity contribution in [3.63, 3.8) is 0 Å². The number of amides is 2. The molecule has 1 aromatic carbocycles. The van der Waals surface area contributed by atoms with Gasteiger partial charge >= 0.3 is 0 Å². The molecule has 0 aliphatic carbocycles. The predicted octanol–water partition coefficient (Wildman–Crippen LogP) is 5.11. The first kappa shape index (κ1) is 19.6. The maximum Gasteiger partial charge on any atom is 0.268 e. The largest absolute Gasteiger partial charge is 0.274 e. The van der Waals surface area contributed by atoms with Crippen LogP contribution < -0.4 is 4.90 Å². The van der Waals surface area contributed by atoms with Crippen LogP contribution in [0.3, 0.4) is 0 Å². The number of anilines is 1.